The third kappa shape index (κ3) is 2.46. The van der Waals surface area contributed by atoms with Crippen molar-refractivity contribution in [2.45, 2.75) is 78.7 Å². The Kier molecular flexibility index (Phi) is 4.20. The molecule has 0 saturated heterocycles. The van der Waals surface area contributed by atoms with Crippen LogP contribution in [0.2, 0.25) is 0 Å². The molecule has 0 N–H and O–H groups in total. The molecule has 4 aliphatic carbocycles. The molecule has 0 aromatic heterocycles. The minimum Gasteiger partial charge on any atom is -0.462 e. The number of aldehydes is 1. The number of allylic oxidation sites excluding steroid dienone is 3. The Morgan fingerprint density at radius 2 is 1.88 bits per heavy atom. The van der Waals surface area contributed by atoms with E-state index in [1.54, 1.807) is 0 Å². The van der Waals surface area contributed by atoms with E-state index in [0.29, 0.717) is 17.8 Å². The highest BCUT2D eigenvalue weighted by atomic mass is 16.5. The molecule has 0 aromatic carbocycles. The van der Waals surface area contributed by atoms with Crippen LogP contribution in [0.25, 0.3) is 0 Å². The molecule has 0 heterocycles. The highest BCUT2D eigenvalue weighted by molar-refractivity contribution is 5.76. The Morgan fingerprint density at radius 1 is 1.15 bits per heavy atom. The molecule has 0 aromatic rings. The summed E-state index contributed by atoms with van der Waals surface area (Å²) in [5.74, 6) is 1.84. The Hall–Kier alpha value is -1.38. The first kappa shape index (κ1) is 18.0. The maximum atomic E-state index is 11.6. The Balaban J connectivity index is 1.61. The van der Waals surface area contributed by atoms with Crippen LogP contribution in [0.1, 0.15) is 72.6 Å². The summed E-state index contributed by atoms with van der Waals surface area (Å²) in [5, 5.41) is 0. The lowest BCUT2D eigenvalue weighted by Gasteiger charge is -2.57. The summed E-state index contributed by atoms with van der Waals surface area (Å²) >= 11 is 0. The van der Waals surface area contributed by atoms with E-state index in [1.165, 1.54) is 30.9 Å². The number of esters is 1. The molecule has 6 atom stereocenters. The van der Waals surface area contributed by atoms with Crippen LogP contribution >= 0.6 is 0 Å². The van der Waals surface area contributed by atoms with Gasteiger partial charge in [0.05, 0.1) is 0 Å². The SMILES string of the molecule is CC(=O)O[C@H]1CC[C@@]2(C)C(=CCC3C2CC[C@]2(C)C(C)=C(C=O)CC32)C1. The zero-order valence-electron chi connectivity index (χ0n) is 16.6. The molecule has 26 heavy (non-hydrogen) atoms. The van der Waals surface area contributed by atoms with Crippen LogP contribution in [0.3, 0.4) is 0 Å². The van der Waals surface area contributed by atoms with Gasteiger partial charge in [-0.3, -0.25) is 9.59 Å². The lowest BCUT2D eigenvalue weighted by Crippen LogP contribution is -2.50. The topological polar surface area (TPSA) is 43.4 Å². The van der Waals surface area contributed by atoms with E-state index in [-0.39, 0.29) is 22.9 Å². The molecule has 3 heteroatoms. The molecule has 0 spiro atoms. The number of hydrogen-bond acceptors (Lipinski definition) is 3. The van der Waals surface area contributed by atoms with Crippen molar-refractivity contribution in [3.63, 3.8) is 0 Å². The number of carbonyl (C=O) groups is 2. The second-order valence-corrected chi connectivity index (χ2v) is 9.66. The van der Waals surface area contributed by atoms with E-state index in [2.05, 4.69) is 26.8 Å². The Labute approximate surface area is 157 Å². The molecule has 3 unspecified atom stereocenters. The number of carbonyl (C=O) groups excluding carboxylic acids is 2. The largest absolute Gasteiger partial charge is 0.462 e. The van der Waals surface area contributed by atoms with Gasteiger partial charge in [-0.15, -0.1) is 0 Å². The zero-order chi connectivity index (χ0) is 18.7. The van der Waals surface area contributed by atoms with Gasteiger partial charge in [-0.1, -0.05) is 31.1 Å². The van der Waals surface area contributed by atoms with Crippen molar-refractivity contribution in [1.82, 2.24) is 0 Å². The predicted octanol–water partition coefficient (Wildman–Crippen LogP) is 5.01. The molecule has 142 valence electrons. The van der Waals surface area contributed by atoms with Gasteiger partial charge in [-0.25, -0.2) is 0 Å². The minimum atomic E-state index is -0.157. The normalized spacial score (nSPS) is 44.5. The molecule has 4 rings (SSSR count). The van der Waals surface area contributed by atoms with Crippen molar-refractivity contribution in [3.05, 3.63) is 22.8 Å². The van der Waals surface area contributed by atoms with Crippen LogP contribution in [0.15, 0.2) is 22.8 Å². The predicted molar refractivity (Wildman–Crippen MR) is 101 cm³/mol. The van der Waals surface area contributed by atoms with Gasteiger partial charge >= 0.3 is 5.97 Å². The van der Waals surface area contributed by atoms with E-state index in [4.69, 9.17) is 4.74 Å². The Morgan fingerprint density at radius 3 is 2.58 bits per heavy atom. The quantitative estimate of drug-likeness (QED) is 0.397. The van der Waals surface area contributed by atoms with Crippen molar-refractivity contribution in [1.29, 1.82) is 0 Å². The highest BCUT2D eigenvalue weighted by Gasteiger charge is 2.57. The number of hydrogen-bond donors (Lipinski definition) is 0. The van der Waals surface area contributed by atoms with E-state index in [9.17, 15) is 9.59 Å². The molecule has 2 saturated carbocycles. The van der Waals surface area contributed by atoms with Crippen LogP contribution in [0.4, 0.5) is 0 Å². The van der Waals surface area contributed by atoms with Gasteiger partial charge in [0, 0.05) is 13.3 Å². The van der Waals surface area contributed by atoms with Crippen LogP contribution in [0, 0.1) is 28.6 Å². The van der Waals surface area contributed by atoms with Gasteiger partial charge in [-0.05, 0) is 79.6 Å². The van der Waals surface area contributed by atoms with E-state index in [0.717, 1.165) is 44.0 Å². The van der Waals surface area contributed by atoms with Crippen molar-refractivity contribution in [2.24, 2.45) is 28.6 Å². The molecule has 4 aliphatic rings. The molecular formula is C23H32O3. The van der Waals surface area contributed by atoms with Crippen molar-refractivity contribution >= 4 is 12.3 Å². The monoisotopic (exact) mass is 356 g/mol. The van der Waals surface area contributed by atoms with Crippen LogP contribution in [-0.4, -0.2) is 18.4 Å². The third-order valence-electron chi connectivity index (χ3n) is 8.70. The fourth-order valence-electron chi connectivity index (χ4n) is 7.02. The van der Waals surface area contributed by atoms with Crippen LogP contribution < -0.4 is 0 Å². The molecule has 0 aliphatic heterocycles. The summed E-state index contributed by atoms with van der Waals surface area (Å²) in [6, 6.07) is 0. The summed E-state index contributed by atoms with van der Waals surface area (Å²) in [6.07, 6.45) is 11.2. The second-order valence-electron chi connectivity index (χ2n) is 9.66. The maximum Gasteiger partial charge on any atom is 0.302 e. The average Bonchev–Trinajstić information content (AvgIpc) is 2.86. The van der Waals surface area contributed by atoms with Crippen molar-refractivity contribution in [3.8, 4) is 0 Å². The molecule has 0 bridgehead atoms. The van der Waals surface area contributed by atoms with Crippen LogP contribution in [0.5, 0.6) is 0 Å². The smallest absolute Gasteiger partial charge is 0.302 e. The third-order valence-corrected chi connectivity index (χ3v) is 8.70. The summed E-state index contributed by atoms with van der Waals surface area (Å²) < 4.78 is 5.52. The molecular weight excluding hydrogens is 324 g/mol. The molecule has 3 nitrogen and oxygen atoms in total. The summed E-state index contributed by atoms with van der Waals surface area (Å²) in [4.78, 5) is 22.9. The molecule has 2 fully saturated rings. The van der Waals surface area contributed by atoms with Gasteiger partial charge < -0.3 is 4.74 Å². The van der Waals surface area contributed by atoms with E-state index < -0.39 is 0 Å². The first-order valence-corrected chi connectivity index (χ1v) is 10.3. The zero-order valence-corrected chi connectivity index (χ0v) is 16.6. The minimum absolute atomic E-state index is 0.0642. The van der Waals surface area contributed by atoms with Gasteiger partial charge in [0.2, 0.25) is 0 Å². The van der Waals surface area contributed by atoms with Crippen LogP contribution in [-0.2, 0) is 14.3 Å². The van der Waals surface area contributed by atoms with Gasteiger partial charge in [0.15, 0.2) is 0 Å². The van der Waals surface area contributed by atoms with E-state index >= 15 is 0 Å². The van der Waals surface area contributed by atoms with Gasteiger partial charge in [0.1, 0.15) is 12.4 Å². The van der Waals surface area contributed by atoms with E-state index in [1.807, 2.05) is 0 Å². The number of ether oxygens (including phenoxy) is 1. The summed E-state index contributed by atoms with van der Waals surface area (Å²) in [5.41, 5.74) is 4.41. The van der Waals surface area contributed by atoms with Gasteiger partial charge in [0.25, 0.3) is 0 Å². The standard InChI is InChI=1S/C23H32O3/c1-14-16(13-24)11-21-19-6-5-17-12-18(26-15(2)25)7-9-23(17,4)20(19)8-10-22(14,21)3/h5,13,18-21H,6-12H2,1-4H3/t18-,19?,20?,21?,22+,23-/m0/s1. The lowest BCUT2D eigenvalue weighted by atomic mass is 9.47. The average molecular weight is 357 g/mol. The second kappa shape index (κ2) is 6.07. The molecule has 0 radical (unpaired) electrons. The first-order valence-electron chi connectivity index (χ1n) is 10.3. The van der Waals surface area contributed by atoms with Crippen molar-refractivity contribution in [2.75, 3.05) is 0 Å². The highest BCUT2D eigenvalue weighted by Crippen LogP contribution is 2.65. The summed E-state index contributed by atoms with van der Waals surface area (Å²) in [7, 11) is 0. The first-order chi connectivity index (χ1) is 12.3. The lowest BCUT2D eigenvalue weighted by molar-refractivity contribution is -0.148. The van der Waals surface area contributed by atoms with Gasteiger partial charge in [-0.2, -0.15) is 0 Å². The van der Waals surface area contributed by atoms with Crippen molar-refractivity contribution < 1.29 is 14.3 Å². The fourth-order valence-corrected chi connectivity index (χ4v) is 7.02. The Bertz CT molecular complexity index is 702. The summed E-state index contributed by atoms with van der Waals surface area (Å²) in [6.45, 7) is 8.57. The fraction of sp³-hybridized carbons (Fsp3) is 0.739. The number of fused-ring (bicyclic) bond motifs is 5. The molecule has 0 amide bonds. The number of rotatable bonds is 2. The maximum absolute atomic E-state index is 11.6.